The number of benzene rings is 2. The summed E-state index contributed by atoms with van der Waals surface area (Å²) in [5.41, 5.74) is 2.95. The van der Waals surface area contributed by atoms with Gasteiger partial charge in [-0.1, -0.05) is 38.1 Å². The molecule has 172 valence electrons. The van der Waals surface area contributed by atoms with Gasteiger partial charge in [-0.2, -0.15) is 0 Å². The highest BCUT2D eigenvalue weighted by Gasteiger charge is 2.36. The molecular formula is C24H31N3O4S. The van der Waals surface area contributed by atoms with Crippen LogP contribution in [-0.2, 0) is 19.6 Å². The molecule has 0 aliphatic carbocycles. The predicted molar refractivity (Wildman–Crippen MR) is 126 cm³/mol. The van der Waals surface area contributed by atoms with Crippen LogP contribution in [0.2, 0.25) is 0 Å². The Morgan fingerprint density at radius 2 is 1.91 bits per heavy atom. The van der Waals surface area contributed by atoms with Crippen LogP contribution in [0, 0.1) is 12.8 Å². The molecule has 3 rings (SSSR count). The zero-order chi connectivity index (χ0) is 23.6. The highest BCUT2D eigenvalue weighted by atomic mass is 32.2. The summed E-state index contributed by atoms with van der Waals surface area (Å²) in [4.78, 5) is 27.6. The maximum atomic E-state index is 12.9. The molecule has 1 saturated heterocycles. The number of nitrogens with one attached hydrogen (secondary N) is 1. The Balaban J connectivity index is 1.80. The van der Waals surface area contributed by atoms with Crippen LogP contribution >= 0.6 is 0 Å². The van der Waals surface area contributed by atoms with Crippen molar-refractivity contribution in [1.82, 2.24) is 4.31 Å². The van der Waals surface area contributed by atoms with Crippen LogP contribution in [-0.4, -0.2) is 45.2 Å². The van der Waals surface area contributed by atoms with Gasteiger partial charge in [-0.05, 0) is 48.6 Å². The number of nitrogens with zero attached hydrogens (tertiary/aromatic N) is 2. The quantitative estimate of drug-likeness (QED) is 0.686. The number of amides is 2. The van der Waals surface area contributed by atoms with E-state index in [1.807, 2.05) is 24.3 Å². The summed E-state index contributed by atoms with van der Waals surface area (Å²) in [7, 11) is -0.698. The highest BCUT2D eigenvalue weighted by Crippen LogP contribution is 2.34. The average molecular weight is 458 g/mol. The van der Waals surface area contributed by atoms with Gasteiger partial charge in [0.2, 0.25) is 21.8 Å². The molecule has 2 aromatic rings. The smallest absolute Gasteiger partial charge is 0.242 e. The molecule has 32 heavy (non-hydrogen) atoms. The van der Waals surface area contributed by atoms with Crippen LogP contribution in [0.5, 0.6) is 0 Å². The number of anilines is 2. The van der Waals surface area contributed by atoms with Crippen LogP contribution in [0.3, 0.4) is 0 Å². The van der Waals surface area contributed by atoms with Gasteiger partial charge in [0.25, 0.3) is 0 Å². The van der Waals surface area contributed by atoms with E-state index < -0.39 is 15.9 Å². The van der Waals surface area contributed by atoms with Crippen molar-refractivity contribution in [1.29, 1.82) is 0 Å². The molecule has 0 bridgehead atoms. The normalized spacial score (nSPS) is 17.6. The lowest BCUT2D eigenvalue weighted by molar-refractivity contribution is -0.122. The average Bonchev–Trinajstić information content (AvgIpc) is 3.15. The summed E-state index contributed by atoms with van der Waals surface area (Å²) in [6.45, 7) is 6.24. The van der Waals surface area contributed by atoms with Crippen molar-refractivity contribution in [3.63, 3.8) is 0 Å². The van der Waals surface area contributed by atoms with E-state index in [0.29, 0.717) is 23.7 Å². The topological polar surface area (TPSA) is 86.8 Å². The number of carbonyl (C=O) groups excluding carboxylic acids is 2. The molecule has 1 heterocycles. The first-order chi connectivity index (χ1) is 15.1. The first kappa shape index (κ1) is 23.9. The molecule has 0 radical (unpaired) electrons. The zero-order valence-corrected chi connectivity index (χ0v) is 20.1. The van der Waals surface area contributed by atoms with Crippen molar-refractivity contribution in [3.8, 4) is 0 Å². The van der Waals surface area contributed by atoms with Crippen molar-refractivity contribution in [2.75, 3.05) is 30.9 Å². The SMILES string of the molecule is CC[C@@H](C)c1ccccc1N1C[C@@H](C(=O)Nc2ccc(C)c(S(=O)(=O)N(C)C)c2)CC1=O. The Kier molecular flexibility index (Phi) is 7.05. The fourth-order valence-electron chi connectivity index (χ4n) is 3.88. The van der Waals surface area contributed by atoms with Crippen LogP contribution in [0.1, 0.15) is 43.7 Å². The summed E-state index contributed by atoms with van der Waals surface area (Å²) in [6.07, 6.45) is 1.07. The summed E-state index contributed by atoms with van der Waals surface area (Å²) in [5, 5.41) is 2.80. The molecule has 0 spiro atoms. The van der Waals surface area contributed by atoms with E-state index >= 15 is 0 Å². The number of rotatable bonds is 7. The molecule has 7 nitrogen and oxygen atoms in total. The Labute approximate surface area is 190 Å². The van der Waals surface area contributed by atoms with E-state index in [1.165, 1.54) is 20.2 Å². The van der Waals surface area contributed by atoms with Gasteiger partial charge < -0.3 is 10.2 Å². The molecular weight excluding hydrogens is 426 g/mol. The fraction of sp³-hybridized carbons (Fsp3) is 0.417. The van der Waals surface area contributed by atoms with Gasteiger partial charge in [-0.25, -0.2) is 12.7 Å². The lowest BCUT2D eigenvalue weighted by atomic mass is 9.96. The van der Waals surface area contributed by atoms with Gasteiger partial charge in [0.1, 0.15) is 0 Å². The molecule has 2 atom stereocenters. The van der Waals surface area contributed by atoms with Gasteiger partial charge in [0.15, 0.2) is 0 Å². The molecule has 1 fully saturated rings. The largest absolute Gasteiger partial charge is 0.326 e. The second kappa shape index (κ2) is 9.42. The molecule has 8 heteroatoms. The number of carbonyl (C=O) groups is 2. The van der Waals surface area contributed by atoms with Gasteiger partial charge in [0, 0.05) is 38.4 Å². The summed E-state index contributed by atoms with van der Waals surface area (Å²) in [5.74, 6) is -0.584. The van der Waals surface area contributed by atoms with Crippen molar-refractivity contribution >= 4 is 33.2 Å². The van der Waals surface area contributed by atoms with E-state index in [2.05, 4.69) is 19.2 Å². The molecule has 1 aliphatic rings. The maximum absolute atomic E-state index is 12.9. The van der Waals surface area contributed by atoms with Crippen LogP contribution in [0.4, 0.5) is 11.4 Å². The standard InChI is InChI=1S/C24H31N3O4S/c1-6-16(2)20-9-7-8-10-21(20)27-15-18(13-23(27)28)24(29)25-19-12-11-17(3)22(14-19)32(30,31)26(4)5/h7-12,14,16,18H,6,13,15H2,1-5H3,(H,25,29)/t16-,18+/m1/s1. The minimum Gasteiger partial charge on any atom is -0.326 e. The Morgan fingerprint density at radius 1 is 1.22 bits per heavy atom. The second-order valence-electron chi connectivity index (χ2n) is 8.53. The zero-order valence-electron chi connectivity index (χ0n) is 19.3. The Hall–Kier alpha value is -2.71. The second-order valence-corrected chi connectivity index (χ2v) is 10.7. The number of sulfonamides is 1. The number of para-hydroxylation sites is 1. The van der Waals surface area contributed by atoms with Crippen LogP contribution in [0.15, 0.2) is 47.4 Å². The number of hydrogen-bond donors (Lipinski definition) is 1. The van der Waals surface area contributed by atoms with Gasteiger partial charge in [-0.15, -0.1) is 0 Å². The molecule has 2 amide bonds. The van der Waals surface area contributed by atoms with Crippen LogP contribution < -0.4 is 10.2 Å². The number of aryl methyl sites for hydroxylation is 1. The minimum atomic E-state index is -3.63. The lowest BCUT2D eigenvalue weighted by Crippen LogP contribution is -2.29. The van der Waals surface area contributed by atoms with Crippen molar-refractivity contribution in [2.24, 2.45) is 5.92 Å². The predicted octanol–water partition coefficient (Wildman–Crippen LogP) is 3.75. The summed E-state index contributed by atoms with van der Waals surface area (Å²) < 4.78 is 26.3. The monoisotopic (exact) mass is 457 g/mol. The third-order valence-corrected chi connectivity index (χ3v) is 8.04. The van der Waals surface area contributed by atoms with Crippen molar-refractivity contribution < 1.29 is 18.0 Å². The first-order valence-corrected chi connectivity index (χ1v) is 12.2. The fourth-order valence-corrected chi connectivity index (χ4v) is 5.03. The van der Waals surface area contributed by atoms with E-state index in [9.17, 15) is 18.0 Å². The van der Waals surface area contributed by atoms with Crippen LogP contribution in [0.25, 0.3) is 0 Å². The number of hydrogen-bond acceptors (Lipinski definition) is 4. The van der Waals surface area contributed by atoms with E-state index in [4.69, 9.17) is 0 Å². The molecule has 1 N–H and O–H groups in total. The van der Waals surface area contributed by atoms with Gasteiger partial charge in [-0.3, -0.25) is 9.59 Å². The summed E-state index contributed by atoms with van der Waals surface area (Å²) in [6, 6.07) is 12.6. The summed E-state index contributed by atoms with van der Waals surface area (Å²) >= 11 is 0. The molecule has 0 saturated carbocycles. The molecule has 0 aromatic heterocycles. The lowest BCUT2D eigenvalue weighted by Gasteiger charge is -2.23. The minimum absolute atomic E-state index is 0.0827. The van der Waals surface area contributed by atoms with E-state index in [0.717, 1.165) is 22.0 Å². The molecule has 1 aliphatic heterocycles. The molecule has 2 aromatic carbocycles. The highest BCUT2D eigenvalue weighted by molar-refractivity contribution is 7.89. The van der Waals surface area contributed by atoms with Gasteiger partial charge >= 0.3 is 0 Å². The first-order valence-electron chi connectivity index (χ1n) is 10.8. The van der Waals surface area contributed by atoms with E-state index in [-0.39, 0.29) is 23.1 Å². The third-order valence-electron chi connectivity index (χ3n) is 6.08. The van der Waals surface area contributed by atoms with Crippen molar-refractivity contribution in [2.45, 2.75) is 44.4 Å². The Morgan fingerprint density at radius 3 is 2.56 bits per heavy atom. The molecule has 0 unspecified atom stereocenters. The maximum Gasteiger partial charge on any atom is 0.242 e. The van der Waals surface area contributed by atoms with Crippen molar-refractivity contribution in [3.05, 3.63) is 53.6 Å². The van der Waals surface area contributed by atoms with Gasteiger partial charge in [0.05, 0.1) is 10.8 Å². The van der Waals surface area contributed by atoms with E-state index in [1.54, 1.807) is 24.0 Å². The third kappa shape index (κ3) is 4.71. The Bertz CT molecular complexity index is 1130.